The molecule has 2 heterocycles. The molecule has 0 aromatic carbocycles. The van der Waals surface area contributed by atoms with Gasteiger partial charge in [-0.25, -0.2) is 0 Å². The van der Waals surface area contributed by atoms with Crippen LogP contribution in [0.15, 0.2) is 15.9 Å². The first kappa shape index (κ1) is 15.0. The van der Waals surface area contributed by atoms with Crippen molar-refractivity contribution in [3.63, 3.8) is 0 Å². The summed E-state index contributed by atoms with van der Waals surface area (Å²) in [6.07, 6.45) is 2.47. The maximum Gasteiger partial charge on any atom is 0.228 e. The molecule has 1 aliphatic rings. The molecule has 106 valence electrons. The smallest absolute Gasteiger partial charge is 0.228 e. The summed E-state index contributed by atoms with van der Waals surface area (Å²) in [5, 5.41) is 3.11. The Hall–Kier alpha value is -0.390. The first-order valence-corrected chi connectivity index (χ1v) is 8.38. The lowest BCUT2D eigenvalue weighted by Crippen LogP contribution is -2.40. The van der Waals surface area contributed by atoms with Crippen LogP contribution in [0.4, 0.5) is 0 Å². The number of piperidine rings is 1. The number of carbonyl (C=O) groups is 1. The van der Waals surface area contributed by atoms with E-state index < -0.39 is 0 Å². The van der Waals surface area contributed by atoms with Crippen LogP contribution >= 0.6 is 27.3 Å². The molecule has 2 rings (SSSR count). The molecule has 1 saturated heterocycles. The van der Waals surface area contributed by atoms with Gasteiger partial charge in [0.25, 0.3) is 0 Å². The van der Waals surface area contributed by atoms with Crippen molar-refractivity contribution in [2.24, 2.45) is 5.92 Å². The van der Waals surface area contributed by atoms with Crippen LogP contribution < -0.4 is 5.32 Å². The summed E-state index contributed by atoms with van der Waals surface area (Å²) < 4.78 is 1.08. The minimum Gasteiger partial charge on any atom is -0.355 e. The highest BCUT2D eigenvalue weighted by Gasteiger charge is 2.21. The lowest BCUT2D eigenvalue weighted by atomic mass is 9.98. The van der Waals surface area contributed by atoms with E-state index >= 15 is 0 Å². The van der Waals surface area contributed by atoms with E-state index in [0.717, 1.165) is 21.8 Å². The Morgan fingerprint density at radius 1 is 1.63 bits per heavy atom. The quantitative estimate of drug-likeness (QED) is 0.910. The zero-order valence-electron chi connectivity index (χ0n) is 11.5. The molecule has 0 radical (unpaired) electrons. The molecule has 19 heavy (non-hydrogen) atoms. The molecule has 0 spiro atoms. The van der Waals surface area contributed by atoms with Gasteiger partial charge in [-0.3, -0.25) is 4.79 Å². The summed E-state index contributed by atoms with van der Waals surface area (Å²) in [6, 6.07) is 4.02. The van der Waals surface area contributed by atoms with Gasteiger partial charge in [-0.2, -0.15) is 0 Å². The Morgan fingerprint density at radius 2 is 2.42 bits per heavy atom. The minimum absolute atomic E-state index is 0.0578. The number of hydrogen-bond acceptors (Lipinski definition) is 3. The number of rotatable bonds is 4. The highest BCUT2D eigenvalue weighted by molar-refractivity contribution is 9.11. The molecular weight excluding hydrogens is 324 g/mol. The van der Waals surface area contributed by atoms with E-state index in [1.807, 2.05) is 19.1 Å². The minimum atomic E-state index is -0.0578. The second-order valence-corrected chi connectivity index (χ2v) is 7.87. The van der Waals surface area contributed by atoms with Crippen molar-refractivity contribution in [2.75, 3.05) is 26.7 Å². The Kier molecular flexibility index (Phi) is 5.42. The molecule has 1 N–H and O–H groups in total. The molecule has 2 atom stereocenters. The third kappa shape index (κ3) is 4.29. The van der Waals surface area contributed by atoms with E-state index in [1.54, 1.807) is 11.3 Å². The monoisotopic (exact) mass is 344 g/mol. The number of halogens is 1. The van der Waals surface area contributed by atoms with Crippen molar-refractivity contribution in [3.05, 3.63) is 20.8 Å². The molecule has 5 heteroatoms. The number of amides is 1. The maximum absolute atomic E-state index is 12.1. The van der Waals surface area contributed by atoms with Crippen LogP contribution in [0.1, 0.15) is 30.6 Å². The predicted molar refractivity (Wildman–Crippen MR) is 83.7 cm³/mol. The number of thiophene rings is 1. The van der Waals surface area contributed by atoms with Crippen LogP contribution in [0.3, 0.4) is 0 Å². The molecular formula is C14H21BrN2OS. The van der Waals surface area contributed by atoms with E-state index in [1.165, 1.54) is 19.4 Å². The maximum atomic E-state index is 12.1. The zero-order chi connectivity index (χ0) is 13.8. The molecule has 1 fully saturated rings. The highest BCUT2D eigenvalue weighted by Crippen LogP contribution is 2.28. The molecule has 0 bridgehead atoms. The molecule has 1 aliphatic heterocycles. The predicted octanol–water partition coefficient (Wildman–Crippen LogP) is 3.07. The third-order valence-electron chi connectivity index (χ3n) is 3.70. The van der Waals surface area contributed by atoms with Gasteiger partial charge in [-0.05, 0) is 67.3 Å². The van der Waals surface area contributed by atoms with Crippen LogP contribution in [-0.4, -0.2) is 37.5 Å². The second kappa shape index (κ2) is 6.86. The van der Waals surface area contributed by atoms with Crippen LogP contribution in [0.25, 0.3) is 0 Å². The lowest BCUT2D eigenvalue weighted by molar-refractivity contribution is -0.122. The summed E-state index contributed by atoms with van der Waals surface area (Å²) in [5.41, 5.74) is 0. The first-order valence-electron chi connectivity index (χ1n) is 6.77. The van der Waals surface area contributed by atoms with Crippen molar-refractivity contribution >= 4 is 33.2 Å². The summed E-state index contributed by atoms with van der Waals surface area (Å²) in [5.74, 6) is 0.685. The number of nitrogens with zero attached hydrogens (tertiary/aromatic N) is 1. The van der Waals surface area contributed by atoms with Gasteiger partial charge >= 0.3 is 0 Å². The molecule has 0 aliphatic carbocycles. The fourth-order valence-corrected chi connectivity index (χ4v) is 4.00. The van der Waals surface area contributed by atoms with Crippen molar-refractivity contribution in [1.29, 1.82) is 0 Å². The number of carbonyl (C=O) groups excluding carboxylic acids is 1. The van der Waals surface area contributed by atoms with E-state index in [4.69, 9.17) is 0 Å². The van der Waals surface area contributed by atoms with Crippen molar-refractivity contribution in [2.45, 2.75) is 25.7 Å². The largest absolute Gasteiger partial charge is 0.355 e. The van der Waals surface area contributed by atoms with E-state index in [-0.39, 0.29) is 11.8 Å². The number of nitrogens with one attached hydrogen (secondary N) is 1. The SMILES string of the molecule is C[C@H](C(=O)NC[C@H]1CCCN(C)C1)c1ccc(Br)s1. The topological polar surface area (TPSA) is 32.3 Å². The number of hydrogen-bond donors (Lipinski definition) is 1. The molecule has 1 aromatic heterocycles. The Bertz CT molecular complexity index is 435. The van der Waals surface area contributed by atoms with Gasteiger partial charge < -0.3 is 10.2 Å². The summed E-state index contributed by atoms with van der Waals surface area (Å²) >= 11 is 5.07. The van der Waals surface area contributed by atoms with Crippen LogP contribution in [0.5, 0.6) is 0 Å². The molecule has 0 unspecified atom stereocenters. The lowest BCUT2D eigenvalue weighted by Gasteiger charge is -2.29. The summed E-state index contributed by atoms with van der Waals surface area (Å²) in [7, 11) is 2.15. The summed E-state index contributed by atoms with van der Waals surface area (Å²) in [4.78, 5) is 15.6. The molecule has 3 nitrogen and oxygen atoms in total. The number of likely N-dealkylation sites (tertiary alicyclic amines) is 1. The highest BCUT2D eigenvalue weighted by atomic mass is 79.9. The Labute approximate surface area is 127 Å². The average Bonchev–Trinajstić information content (AvgIpc) is 2.82. The van der Waals surface area contributed by atoms with Crippen molar-refractivity contribution < 1.29 is 4.79 Å². The van der Waals surface area contributed by atoms with Gasteiger partial charge in [0.15, 0.2) is 0 Å². The standard InChI is InChI=1S/C14H21BrN2OS/c1-10(12-5-6-13(15)19-12)14(18)16-8-11-4-3-7-17(2)9-11/h5-6,10-11H,3-4,7-9H2,1-2H3,(H,16,18)/t10-,11+/m0/s1. The van der Waals surface area contributed by atoms with E-state index in [0.29, 0.717) is 5.92 Å². The van der Waals surface area contributed by atoms with Gasteiger partial charge in [0.1, 0.15) is 0 Å². The van der Waals surface area contributed by atoms with Gasteiger partial charge in [0.2, 0.25) is 5.91 Å². The second-order valence-electron chi connectivity index (χ2n) is 5.38. The molecule has 0 saturated carbocycles. The molecule has 1 amide bonds. The average molecular weight is 345 g/mol. The van der Waals surface area contributed by atoms with Crippen molar-refractivity contribution in [3.8, 4) is 0 Å². The van der Waals surface area contributed by atoms with Crippen molar-refractivity contribution in [1.82, 2.24) is 10.2 Å². The fraction of sp³-hybridized carbons (Fsp3) is 0.643. The van der Waals surface area contributed by atoms with Crippen LogP contribution in [0, 0.1) is 5.92 Å². The van der Waals surface area contributed by atoms with Crippen LogP contribution in [-0.2, 0) is 4.79 Å². The summed E-state index contributed by atoms with van der Waals surface area (Å²) in [6.45, 7) is 5.06. The first-order chi connectivity index (χ1) is 9.06. The van der Waals surface area contributed by atoms with Gasteiger partial charge in [0.05, 0.1) is 9.70 Å². The third-order valence-corrected chi connectivity index (χ3v) is 5.51. The van der Waals surface area contributed by atoms with E-state index in [2.05, 4.69) is 33.2 Å². The Morgan fingerprint density at radius 3 is 3.05 bits per heavy atom. The zero-order valence-corrected chi connectivity index (χ0v) is 13.9. The van der Waals surface area contributed by atoms with Gasteiger partial charge in [-0.15, -0.1) is 11.3 Å². The Balaban J connectivity index is 1.80. The van der Waals surface area contributed by atoms with Gasteiger partial charge in [-0.1, -0.05) is 0 Å². The molecule has 1 aromatic rings. The normalized spacial score (nSPS) is 22.2. The fourth-order valence-electron chi connectivity index (χ4n) is 2.53. The van der Waals surface area contributed by atoms with Gasteiger partial charge in [0, 0.05) is 18.0 Å². The van der Waals surface area contributed by atoms with E-state index in [9.17, 15) is 4.79 Å². The van der Waals surface area contributed by atoms with Crippen LogP contribution in [0.2, 0.25) is 0 Å².